The SMILES string of the molecule is CC(OC(=O)[C@H](NC(=O)c1ccco1)C(C)C)C(=O)Nc1ncc(Cl)cc1Cl. The zero-order valence-corrected chi connectivity index (χ0v) is 16.9. The number of amides is 2. The Hall–Kier alpha value is -2.58. The van der Waals surface area contributed by atoms with Crippen molar-refractivity contribution in [1.82, 2.24) is 10.3 Å². The molecule has 0 fully saturated rings. The number of aromatic nitrogens is 1. The molecular weight excluding hydrogens is 409 g/mol. The van der Waals surface area contributed by atoms with Crippen LogP contribution in [0.3, 0.4) is 0 Å². The summed E-state index contributed by atoms with van der Waals surface area (Å²) >= 11 is 11.7. The van der Waals surface area contributed by atoms with Gasteiger partial charge in [-0.25, -0.2) is 9.78 Å². The van der Waals surface area contributed by atoms with Gasteiger partial charge >= 0.3 is 5.97 Å². The van der Waals surface area contributed by atoms with Crippen LogP contribution in [0, 0.1) is 5.92 Å². The van der Waals surface area contributed by atoms with E-state index >= 15 is 0 Å². The van der Waals surface area contributed by atoms with Gasteiger partial charge in [-0.05, 0) is 31.0 Å². The lowest BCUT2D eigenvalue weighted by molar-refractivity contribution is -0.156. The molecule has 2 rings (SSSR count). The van der Waals surface area contributed by atoms with E-state index in [9.17, 15) is 14.4 Å². The fourth-order valence-electron chi connectivity index (χ4n) is 2.14. The van der Waals surface area contributed by atoms with E-state index in [1.807, 2.05) is 0 Å². The molecule has 0 aliphatic heterocycles. The monoisotopic (exact) mass is 427 g/mol. The minimum absolute atomic E-state index is 0.0627. The molecule has 2 aromatic rings. The molecule has 0 radical (unpaired) electrons. The Bertz CT molecular complexity index is 855. The zero-order valence-electron chi connectivity index (χ0n) is 15.4. The normalized spacial score (nSPS) is 12.9. The summed E-state index contributed by atoms with van der Waals surface area (Å²) in [5.41, 5.74) is 0. The number of rotatable bonds is 7. The summed E-state index contributed by atoms with van der Waals surface area (Å²) in [7, 11) is 0. The quantitative estimate of drug-likeness (QED) is 0.655. The number of hydrogen-bond acceptors (Lipinski definition) is 6. The van der Waals surface area contributed by atoms with E-state index < -0.39 is 29.9 Å². The number of carbonyl (C=O) groups is 3. The third kappa shape index (κ3) is 5.71. The Balaban J connectivity index is 1.99. The van der Waals surface area contributed by atoms with Gasteiger partial charge in [0.15, 0.2) is 17.7 Å². The molecule has 0 aliphatic rings. The second kappa shape index (κ2) is 9.57. The lowest BCUT2D eigenvalue weighted by Crippen LogP contribution is -2.47. The van der Waals surface area contributed by atoms with Gasteiger partial charge in [0.1, 0.15) is 6.04 Å². The lowest BCUT2D eigenvalue weighted by Gasteiger charge is -2.22. The maximum atomic E-state index is 12.5. The van der Waals surface area contributed by atoms with Gasteiger partial charge in [0.05, 0.1) is 16.3 Å². The number of pyridine rings is 1. The summed E-state index contributed by atoms with van der Waals surface area (Å²) in [6.07, 6.45) is 1.52. The number of esters is 1. The van der Waals surface area contributed by atoms with E-state index in [0.717, 1.165) is 0 Å². The Morgan fingerprint density at radius 2 is 1.93 bits per heavy atom. The van der Waals surface area contributed by atoms with E-state index in [1.165, 1.54) is 31.5 Å². The maximum Gasteiger partial charge on any atom is 0.329 e. The molecule has 0 spiro atoms. The van der Waals surface area contributed by atoms with E-state index in [2.05, 4.69) is 15.6 Å². The average Bonchev–Trinajstić information content (AvgIpc) is 3.16. The number of nitrogens with one attached hydrogen (secondary N) is 2. The Kier molecular flexibility index (Phi) is 7.42. The largest absolute Gasteiger partial charge is 0.459 e. The molecule has 2 heterocycles. The first-order chi connectivity index (χ1) is 13.2. The van der Waals surface area contributed by atoms with E-state index in [4.69, 9.17) is 32.4 Å². The minimum Gasteiger partial charge on any atom is -0.459 e. The lowest BCUT2D eigenvalue weighted by atomic mass is 10.0. The fraction of sp³-hybridized carbons (Fsp3) is 0.333. The Labute approximate surface area is 171 Å². The van der Waals surface area contributed by atoms with Crippen LogP contribution in [-0.2, 0) is 14.3 Å². The molecule has 2 amide bonds. The van der Waals surface area contributed by atoms with Crippen LogP contribution in [0.1, 0.15) is 31.3 Å². The molecule has 0 saturated carbocycles. The molecule has 10 heteroatoms. The molecule has 150 valence electrons. The number of anilines is 1. The molecule has 2 N–H and O–H groups in total. The van der Waals surface area contributed by atoms with Crippen LogP contribution in [0.15, 0.2) is 35.1 Å². The van der Waals surface area contributed by atoms with Crippen LogP contribution in [0.4, 0.5) is 5.82 Å². The number of ether oxygens (including phenoxy) is 1. The third-order valence-corrected chi connectivity index (χ3v) is 4.16. The van der Waals surface area contributed by atoms with Gasteiger partial charge in [0, 0.05) is 6.20 Å². The molecule has 0 saturated heterocycles. The third-order valence-electron chi connectivity index (χ3n) is 3.66. The fourth-order valence-corrected chi connectivity index (χ4v) is 2.57. The van der Waals surface area contributed by atoms with Gasteiger partial charge in [-0.1, -0.05) is 37.0 Å². The van der Waals surface area contributed by atoms with Crippen molar-refractivity contribution >= 4 is 46.8 Å². The van der Waals surface area contributed by atoms with E-state index in [0.29, 0.717) is 5.02 Å². The minimum atomic E-state index is -1.15. The smallest absolute Gasteiger partial charge is 0.329 e. The van der Waals surface area contributed by atoms with Crippen LogP contribution < -0.4 is 10.6 Å². The summed E-state index contributed by atoms with van der Waals surface area (Å²) in [4.78, 5) is 40.8. The molecule has 0 aromatic carbocycles. The molecule has 0 aliphatic carbocycles. The van der Waals surface area contributed by atoms with Crippen molar-refractivity contribution in [3.05, 3.63) is 46.5 Å². The van der Waals surface area contributed by atoms with Gasteiger partial charge in [-0.3, -0.25) is 9.59 Å². The topological polar surface area (TPSA) is 111 Å². The summed E-state index contributed by atoms with van der Waals surface area (Å²) in [5, 5.41) is 5.45. The van der Waals surface area contributed by atoms with Crippen LogP contribution >= 0.6 is 23.2 Å². The zero-order chi connectivity index (χ0) is 20.8. The highest BCUT2D eigenvalue weighted by molar-refractivity contribution is 6.36. The van der Waals surface area contributed by atoms with Crippen molar-refractivity contribution in [2.24, 2.45) is 5.92 Å². The first-order valence-electron chi connectivity index (χ1n) is 8.35. The van der Waals surface area contributed by atoms with Crippen molar-refractivity contribution < 1.29 is 23.5 Å². The predicted octanol–water partition coefficient (Wildman–Crippen LogP) is 3.31. The summed E-state index contributed by atoms with van der Waals surface area (Å²) in [6.45, 7) is 4.86. The highest BCUT2D eigenvalue weighted by Gasteiger charge is 2.30. The molecule has 1 unspecified atom stereocenters. The molecular formula is C18H19Cl2N3O5. The molecule has 28 heavy (non-hydrogen) atoms. The molecule has 2 atom stereocenters. The summed E-state index contributed by atoms with van der Waals surface area (Å²) in [6, 6.07) is 3.48. The van der Waals surface area contributed by atoms with Crippen LogP contribution in [0.2, 0.25) is 10.0 Å². The molecule has 0 bridgehead atoms. The van der Waals surface area contributed by atoms with Crippen LogP contribution in [0.5, 0.6) is 0 Å². The van der Waals surface area contributed by atoms with Crippen molar-refractivity contribution in [2.75, 3.05) is 5.32 Å². The van der Waals surface area contributed by atoms with E-state index in [1.54, 1.807) is 19.9 Å². The first kappa shape index (κ1) is 21.7. The molecule has 8 nitrogen and oxygen atoms in total. The molecule has 2 aromatic heterocycles. The Morgan fingerprint density at radius 3 is 2.50 bits per heavy atom. The second-order valence-corrected chi connectivity index (χ2v) is 7.07. The second-order valence-electron chi connectivity index (χ2n) is 6.22. The van der Waals surface area contributed by atoms with Crippen LogP contribution in [0.25, 0.3) is 0 Å². The number of furan rings is 1. The van der Waals surface area contributed by atoms with Crippen molar-refractivity contribution in [3.8, 4) is 0 Å². The van der Waals surface area contributed by atoms with Gasteiger partial charge in [-0.15, -0.1) is 0 Å². The number of hydrogen-bond donors (Lipinski definition) is 2. The standard InChI is InChI=1S/C18H19Cl2N3O5/c1-9(2)14(22-17(25)13-5-4-6-27-13)18(26)28-10(3)16(24)23-15-12(20)7-11(19)8-21-15/h4-10,14H,1-3H3,(H,22,25)(H,21,23,24)/t10?,14-/m1/s1. The Morgan fingerprint density at radius 1 is 1.21 bits per heavy atom. The van der Waals surface area contributed by atoms with Gasteiger partial charge < -0.3 is 19.8 Å². The highest BCUT2D eigenvalue weighted by Crippen LogP contribution is 2.22. The van der Waals surface area contributed by atoms with Crippen molar-refractivity contribution in [2.45, 2.75) is 32.9 Å². The first-order valence-corrected chi connectivity index (χ1v) is 9.11. The highest BCUT2D eigenvalue weighted by atomic mass is 35.5. The number of halogens is 2. The predicted molar refractivity (Wildman–Crippen MR) is 103 cm³/mol. The average molecular weight is 428 g/mol. The van der Waals surface area contributed by atoms with Gasteiger partial charge in [0.25, 0.3) is 11.8 Å². The number of carbonyl (C=O) groups excluding carboxylic acids is 3. The van der Waals surface area contributed by atoms with Crippen molar-refractivity contribution in [1.29, 1.82) is 0 Å². The number of nitrogens with zero attached hydrogens (tertiary/aromatic N) is 1. The van der Waals surface area contributed by atoms with Crippen LogP contribution in [-0.4, -0.2) is 34.9 Å². The summed E-state index contributed by atoms with van der Waals surface area (Å²) < 4.78 is 10.2. The summed E-state index contributed by atoms with van der Waals surface area (Å²) in [5.74, 6) is -2.08. The van der Waals surface area contributed by atoms with Gasteiger partial charge in [0.2, 0.25) is 0 Å². The van der Waals surface area contributed by atoms with Gasteiger partial charge in [-0.2, -0.15) is 0 Å². The van der Waals surface area contributed by atoms with Crippen molar-refractivity contribution in [3.63, 3.8) is 0 Å². The van der Waals surface area contributed by atoms with E-state index in [-0.39, 0.29) is 22.5 Å². The maximum absolute atomic E-state index is 12.5.